The maximum Gasteiger partial charge on any atom is 0.254 e. The van der Waals surface area contributed by atoms with E-state index in [0.29, 0.717) is 16.2 Å². The number of amides is 1. The van der Waals surface area contributed by atoms with Gasteiger partial charge in [0.15, 0.2) is 0 Å². The summed E-state index contributed by atoms with van der Waals surface area (Å²) in [4.78, 5) is 16.7. The van der Waals surface area contributed by atoms with Crippen molar-refractivity contribution >= 4 is 29.2 Å². The summed E-state index contributed by atoms with van der Waals surface area (Å²) < 4.78 is 13.4. The minimum Gasteiger partial charge on any atom is -0.338 e. The van der Waals surface area contributed by atoms with Gasteiger partial charge in [-0.05, 0) is 41.5 Å². The molecule has 3 nitrogen and oxygen atoms in total. The van der Waals surface area contributed by atoms with Gasteiger partial charge in [0.25, 0.3) is 5.91 Å². The fraction of sp³-hybridized carbons (Fsp3) is 0.318. The molecule has 0 saturated carbocycles. The second-order valence-electron chi connectivity index (χ2n) is 7.22. The molecule has 0 radical (unpaired) electrons. The van der Waals surface area contributed by atoms with Crippen LogP contribution < -0.4 is 4.90 Å². The molecule has 0 bridgehead atoms. The molecule has 1 saturated heterocycles. The standard InChI is InChI=1S/C22H24ClFN2O/c1-25-13-11-20(12-14-25)26(2)22(27)21(17-5-9-19(24)10-6-17)15-16-3-7-18(23)8-4-16/h3-10,15,20H,11-14H2,1-2H3/p+1/b21-15+. The summed E-state index contributed by atoms with van der Waals surface area (Å²) in [5.41, 5.74) is 2.15. The second kappa shape index (κ2) is 8.68. The lowest BCUT2D eigenvalue weighted by atomic mass is 9.98. The molecule has 1 fully saturated rings. The molecule has 142 valence electrons. The zero-order valence-corrected chi connectivity index (χ0v) is 16.5. The number of nitrogens with zero attached hydrogens (tertiary/aromatic N) is 1. The Labute approximate surface area is 165 Å². The predicted octanol–water partition coefficient (Wildman–Crippen LogP) is 3.16. The maximum atomic E-state index is 13.4. The van der Waals surface area contributed by atoms with Crippen LogP contribution in [0.1, 0.15) is 24.0 Å². The van der Waals surface area contributed by atoms with Crippen LogP contribution in [-0.4, -0.2) is 44.0 Å². The SMILES string of the molecule is CN(C(=O)/C(=C/c1ccc(Cl)cc1)c1ccc(F)cc1)C1CC[NH+](C)CC1. The highest BCUT2D eigenvalue weighted by Gasteiger charge is 2.28. The molecule has 1 N–H and O–H groups in total. The van der Waals surface area contributed by atoms with Gasteiger partial charge in [0.2, 0.25) is 0 Å². The number of likely N-dealkylation sites (N-methyl/N-ethyl adjacent to an activating group) is 1. The van der Waals surface area contributed by atoms with Crippen molar-refractivity contribution in [2.75, 3.05) is 27.2 Å². The fourth-order valence-electron chi connectivity index (χ4n) is 3.46. The largest absolute Gasteiger partial charge is 0.338 e. The molecule has 1 heterocycles. The van der Waals surface area contributed by atoms with Crippen LogP contribution in [-0.2, 0) is 4.79 Å². The van der Waals surface area contributed by atoms with E-state index >= 15 is 0 Å². The van der Waals surface area contributed by atoms with Crippen LogP contribution in [0.15, 0.2) is 48.5 Å². The number of hydrogen-bond donors (Lipinski definition) is 1. The summed E-state index contributed by atoms with van der Waals surface area (Å²) in [6.07, 6.45) is 3.83. The number of rotatable bonds is 4. The van der Waals surface area contributed by atoms with Gasteiger partial charge < -0.3 is 9.80 Å². The van der Waals surface area contributed by atoms with Crippen LogP contribution in [0.25, 0.3) is 11.6 Å². The van der Waals surface area contributed by atoms with Crippen LogP contribution >= 0.6 is 11.6 Å². The van der Waals surface area contributed by atoms with Crippen LogP contribution in [0.5, 0.6) is 0 Å². The Morgan fingerprint density at radius 2 is 1.70 bits per heavy atom. The van der Waals surface area contributed by atoms with Gasteiger partial charge in [0.05, 0.1) is 20.1 Å². The summed E-state index contributed by atoms with van der Waals surface area (Å²) in [7, 11) is 4.05. The lowest BCUT2D eigenvalue weighted by molar-refractivity contribution is -0.885. The van der Waals surface area contributed by atoms with Crippen molar-refractivity contribution < 1.29 is 14.1 Å². The van der Waals surface area contributed by atoms with Gasteiger partial charge in [0, 0.05) is 36.5 Å². The monoisotopic (exact) mass is 387 g/mol. The molecule has 1 amide bonds. The first-order chi connectivity index (χ1) is 12.9. The van der Waals surface area contributed by atoms with Crippen molar-refractivity contribution in [3.05, 3.63) is 70.5 Å². The van der Waals surface area contributed by atoms with Crippen LogP contribution in [0, 0.1) is 5.82 Å². The Morgan fingerprint density at radius 3 is 2.30 bits per heavy atom. The zero-order chi connectivity index (χ0) is 19.4. The number of hydrogen-bond acceptors (Lipinski definition) is 1. The lowest BCUT2D eigenvalue weighted by Gasteiger charge is -2.33. The van der Waals surface area contributed by atoms with E-state index < -0.39 is 0 Å². The Bertz CT molecular complexity index is 809. The van der Waals surface area contributed by atoms with Crippen molar-refractivity contribution in [2.24, 2.45) is 0 Å². The quantitative estimate of drug-likeness (QED) is 0.632. The molecule has 3 rings (SSSR count). The molecule has 0 aromatic heterocycles. The van der Waals surface area contributed by atoms with Crippen molar-refractivity contribution in [3.63, 3.8) is 0 Å². The average molecular weight is 388 g/mol. The van der Waals surface area contributed by atoms with Crippen LogP contribution in [0.2, 0.25) is 5.02 Å². The third-order valence-electron chi connectivity index (χ3n) is 5.24. The highest BCUT2D eigenvalue weighted by molar-refractivity contribution is 6.30. The van der Waals surface area contributed by atoms with Crippen molar-refractivity contribution in [1.29, 1.82) is 0 Å². The van der Waals surface area contributed by atoms with Gasteiger partial charge in [-0.25, -0.2) is 4.39 Å². The summed E-state index contributed by atoms with van der Waals surface area (Å²) in [5, 5.41) is 0.646. The Balaban J connectivity index is 1.92. The summed E-state index contributed by atoms with van der Waals surface area (Å²) in [6, 6.07) is 13.6. The normalized spacial score (nSPS) is 20.4. The molecule has 1 aliphatic rings. The Hall–Kier alpha value is -2.17. The van der Waals surface area contributed by atoms with Crippen LogP contribution in [0.3, 0.4) is 0 Å². The molecular weight excluding hydrogens is 363 g/mol. The number of piperidine rings is 1. The average Bonchev–Trinajstić information content (AvgIpc) is 2.68. The van der Waals surface area contributed by atoms with Crippen molar-refractivity contribution in [2.45, 2.75) is 18.9 Å². The third-order valence-corrected chi connectivity index (χ3v) is 5.50. The number of halogens is 2. The van der Waals surface area contributed by atoms with Gasteiger partial charge in [-0.1, -0.05) is 35.9 Å². The fourth-order valence-corrected chi connectivity index (χ4v) is 3.59. The van der Waals surface area contributed by atoms with E-state index in [1.807, 2.05) is 30.2 Å². The maximum absolute atomic E-state index is 13.4. The molecule has 5 heteroatoms. The number of benzene rings is 2. The van der Waals surface area contributed by atoms with E-state index in [2.05, 4.69) is 7.05 Å². The van der Waals surface area contributed by atoms with Crippen LogP contribution in [0.4, 0.5) is 4.39 Å². The number of carbonyl (C=O) groups is 1. The first kappa shape index (κ1) is 19.6. The van der Waals surface area contributed by atoms with Gasteiger partial charge in [0.1, 0.15) is 5.82 Å². The smallest absolute Gasteiger partial charge is 0.254 e. The third kappa shape index (κ3) is 4.96. The van der Waals surface area contributed by atoms with Gasteiger partial charge in [-0.3, -0.25) is 4.79 Å². The molecular formula is C22H25ClFN2O+. The lowest BCUT2D eigenvalue weighted by Crippen LogP contribution is -3.10. The number of nitrogens with one attached hydrogen (secondary N) is 1. The van der Waals surface area contributed by atoms with Gasteiger partial charge in [-0.15, -0.1) is 0 Å². The molecule has 2 aromatic carbocycles. The molecule has 0 aliphatic carbocycles. The topological polar surface area (TPSA) is 24.8 Å². The molecule has 2 aromatic rings. The van der Waals surface area contributed by atoms with E-state index in [1.165, 1.54) is 17.0 Å². The molecule has 27 heavy (non-hydrogen) atoms. The molecule has 0 unspecified atom stereocenters. The van der Waals surface area contributed by atoms with E-state index in [1.54, 1.807) is 24.3 Å². The molecule has 1 aliphatic heterocycles. The first-order valence-electron chi connectivity index (χ1n) is 9.25. The minimum absolute atomic E-state index is 0.0406. The van der Waals surface area contributed by atoms with E-state index in [4.69, 9.17) is 11.6 Å². The molecule has 0 spiro atoms. The highest BCUT2D eigenvalue weighted by Crippen LogP contribution is 2.24. The Morgan fingerprint density at radius 1 is 1.11 bits per heavy atom. The summed E-state index contributed by atoms with van der Waals surface area (Å²) in [5.74, 6) is -0.357. The van der Waals surface area contributed by atoms with E-state index in [0.717, 1.165) is 31.5 Å². The number of carbonyl (C=O) groups excluding carboxylic acids is 1. The summed E-state index contributed by atoms with van der Waals surface area (Å²) >= 11 is 5.97. The van der Waals surface area contributed by atoms with E-state index in [-0.39, 0.29) is 17.8 Å². The molecule has 0 atom stereocenters. The van der Waals surface area contributed by atoms with Crippen molar-refractivity contribution in [1.82, 2.24) is 4.90 Å². The summed E-state index contributed by atoms with van der Waals surface area (Å²) in [6.45, 7) is 2.13. The second-order valence-corrected chi connectivity index (χ2v) is 7.66. The van der Waals surface area contributed by atoms with Gasteiger partial charge in [-0.2, -0.15) is 0 Å². The first-order valence-corrected chi connectivity index (χ1v) is 9.63. The van der Waals surface area contributed by atoms with Crippen molar-refractivity contribution in [3.8, 4) is 0 Å². The predicted molar refractivity (Wildman–Crippen MR) is 108 cm³/mol. The Kier molecular flexibility index (Phi) is 6.30. The number of likely N-dealkylation sites (tertiary alicyclic amines) is 1. The zero-order valence-electron chi connectivity index (χ0n) is 15.7. The van der Waals surface area contributed by atoms with Gasteiger partial charge >= 0.3 is 0 Å². The highest BCUT2D eigenvalue weighted by atomic mass is 35.5. The number of quaternary nitrogens is 1. The van der Waals surface area contributed by atoms with E-state index in [9.17, 15) is 9.18 Å². The minimum atomic E-state index is -0.316.